The molecule has 0 saturated heterocycles. The summed E-state index contributed by atoms with van der Waals surface area (Å²) < 4.78 is 28.9. The Labute approximate surface area is 109 Å². The van der Waals surface area contributed by atoms with E-state index in [-0.39, 0.29) is 6.04 Å². The molecule has 1 unspecified atom stereocenters. The third-order valence-corrected chi connectivity index (χ3v) is 4.54. The molecule has 5 nitrogen and oxygen atoms in total. The summed E-state index contributed by atoms with van der Waals surface area (Å²) in [5, 5.41) is 0. The first-order valence-electron chi connectivity index (χ1n) is 6.32. The summed E-state index contributed by atoms with van der Waals surface area (Å²) in [6.45, 7) is 4.36. The van der Waals surface area contributed by atoms with Gasteiger partial charge in [0.25, 0.3) is 0 Å². The molecule has 0 amide bonds. The smallest absolute Gasteiger partial charge is 0.242 e. The minimum Gasteiger partial charge on any atom is -0.352 e. The highest BCUT2D eigenvalue weighted by molar-refractivity contribution is 7.89. The van der Waals surface area contributed by atoms with Gasteiger partial charge >= 0.3 is 0 Å². The highest BCUT2D eigenvalue weighted by atomic mass is 32.2. The van der Waals surface area contributed by atoms with Gasteiger partial charge in [-0.25, -0.2) is 13.1 Å². The van der Waals surface area contributed by atoms with Crippen LogP contribution < -0.4 is 10.5 Å². The lowest BCUT2D eigenvalue weighted by Crippen LogP contribution is -2.34. The Kier molecular flexibility index (Phi) is 5.37. The molecule has 6 heteroatoms. The highest BCUT2D eigenvalue weighted by Crippen LogP contribution is 2.15. The zero-order valence-electron chi connectivity index (χ0n) is 11.3. The molecule has 0 aliphatic heterocycles. The van der Waals surface area contributed by atoms with Crippen molar-refractivity contribution in [2.75, 3.05) is 0 Å². The van der Waals surface area contributed by atoms with Crippen molar-refractivity contribution in [1.29, 1.82) is 0 Å². The Morgan fingerprint density at radius 3 is 2.56 bits per heavy atom. The Morgan fingerprint density at radius 2 is 2.11 bits per heavy atom. The predicted molar refractivity (Wildman–Crippen MR) is 72.6 cm³/mol. The van der Waals surface area contributed by atoms with Gasteiger partial charge in [0.15, 0.2) is 0 Å². The van der Waals surface area contributed by atoms with E-state index < -0.39 is 10.0 Å². The monoisotopic (exact) mass is 273 g/mol. The van der Waals surface area contributed by atoms with E-state index in [0.717, 1.165) is 25.0 Å². The van der Waals surface area contributed by atoms with Gasteiger partial charge in [0.2, 0.25) is 10.0 Å². The summed E-state index contributed by atoms with van der Waals surface area (Å²) in [6.07, 6.45) is 4.21. The number of nitrogens with zero attached hydrogens (tertiary/aromatic N) is 1. The topological polar surface area (TPSA) is 77.1 Å². The largest absolute Gasteiger partial charge is 0.352 e. The van der Waals surface area contributed by atoms with Crippen LogP contribution in [0.4, 0.5) is 0 Å². The highest BCUT2D eigenvalue weighted by Gasteiger charge is 2.20. The second-order valence-corrected chi connectivity index (χ2v) is 6.21. The van der Waals surface area contributed by atoms with E-state index in [1.807, 2.05) is 13.8 Å². The van der Waals surface area contributed by atoms with Gasteiger partial charge in [0, 0.05) is 31.5 Å². The van der Waals surface area contributed by atoms with Crippen molar-refractivity contribution in [3.8, 4) is 0 Å². The Bertz CT molecular complexity index is 480. The van der Waals surface area contributed by atoms with Crippen LogP contribution in [0.3, 0.4) is 0 Å². The summed E-state index contributed by atoms with van der Waals surface area (Å²) in [5.74, 6) is 0. The standard InChI is InChI=1S/C12H23N3O2S/c1-4-6-10(5-2)14-18(16,17)12-7-11(8-13)15(3)9-12/h7,9-10,14H,4-6,8,13H2,1-3H3. The normalized spacial score (nSPS) is 13.8. The fourth-order valence-corrected chi connectivity index (χ4v) is 3.36. The zero-order chi connectivity index (χ0) is 13.8. The molecule has 0 fully saturated rings. The summed E-state index contributed by atoms with van der Waals surface area (Å²) in [6, 6.07) is 1.63. The maximum absolute atomic E-state index is 12.2. The minimum atomic E-state index is -3.43. The summed E-state index contributed by atoms with van der Waals surface area (Å²) in [4.78, 5) is 0.292. The first kappa shape index (κ1) is 15.2. The third-order valence-electron chi connectivity index (χ3n) is 3.05. The van der Waals surface area contributed by atoms with E-state index in [1.54, 1.807) is 23.9 Å². The van der Waals surface area contributed by atoms with Crippen LogP contribution in [-0.2, 0) is 23.6 Å². The van der Waals surface area contributed by atoms with Gasteiger partial charge < -0.3 is 10.3 Å². The number of aromatic nitrogens is 1. The first-order valence-corrected chi connectivity index (χ1v) is 7.80. The van der Waals surface area contributed by atoms with Crippen molar-refractivity contribution in [1.82, 2.24) is 9.29 Å². The van der Waals surface area contributed by atoms with Crippen LogP contribution in [0, 0.1) is 0 Å². The van der Waals surface area contributed by atoms with Crippen LogP contribution in [-0.4, -0.2) is 19.0 Å². The zero-order valence-corrected chi connectivity index (χ0v) is 12.1. The molecule has 3 N–H and O–H groups in total. The van der Waals surface area contributed by atoms with Gasteiger partial charge in [-0.2, -0.15) is 0 Å². The van der Waals surface area contributed by atoms with Gasteiger partial charge in [0.05, 0.1) is 4.90 Å². The molecule has 0 spiro atoms. The number of sulfonamides is 1. The summed E-state index contributed by atoms with van der Waals surface area (Å²) in [5.41, 5.74) is 6.35. The van der Waals surface area contributed by atoms with E-state index in [9.17, 15) is 8.42 Å². The van der Waals surface area contributed by atoms with Gasteiger partial charge in [-0.15, -0.1) is 0 Å². The number of rotatable bonds is 7. The van der Waals surface area contributed by atoms with Crippen LogP contribution in [0.25, 0.3) is 0 Å². The second kappa shape index (κ2) is 6.36. The predicted octanol–water partition coefficient (Wildman–Crippen LogP) is 1.34. The Balaban J connectivity index is 2.91. The van der Waals surface area contributed by atoms with Crippen LogP contribution in [0.1, 0.15) is 38.8 Å². The van der Waals surface area contributed by atoms with Crippen LogP contribution in [0.2, 0.25) is 0 Å². The molecule has 1 atom stereocenters. The van der Waals surface area contributed by atoms with E-state index in [1.165, 1.54) is 0 Å². The van der Waals surface area contributed by atoms with Crippen molar-refractivity contribution in [2.24, 2.45) is 12.8 Å². The third kappa shape index (κ3) is 3.57. The molecule has 0 saturated carbocycles. The molecule has 0 aliphatic rings. The number of nitrogens with two attached hydrogens (primary N) is 1. The van der Waals surface area contributed by atoms with Crippen LogP contribution in [0.5, 0.6) is 0 Å². The van der Waals surface area contributed by atoms with E-state index in [0.29, 0.717) is 11.4 Å². The lowest BCUT2D eigenvalue weighted by Gasteiger charge is -2.15. The van der Waals surface area contributed by atoms with Crippen molar-refractivity contribution in [3.63, 3.8) is 0 Å². The van der Waals surface area contributed by atoms with Crippen LogP contribution in [0.15, 0.2) is 17.2 Å². The average molecular weight is 273 g/mol. The van der Waals surface area contributed by atoms with Gasteiger partial charge in [0.1, 0.15) is 0 Å². The Morgan fingerprint density at radius 1 is 1.44 bits per heavy atom. The molecule has 18 heavy (non-hydrogen) atoms. The van der Waals surface area contributed by atoms with Crippen molar-refractivity contribution in [3.05, 3.63) is 18.0 Å². The van der Waals surface area contributed by atoms with Gasteiger partial charge in [-0.05, 0) is 18.9 Å². The Hall–Kier alpha value is -0.850. The summed E-state index contributed by atoms with van der Waals surface area (Å²) in [7, 11) is -1.64. The molecular weight excluding hydrogens is 250 g/mol. The van der Waals surface area contributed by atoms with E-state index in [4.69, 9.17) is 5.73 Å². The van der Waals surface area contributed by atoms with Gasteiger partial charge in [-0.3, -0.25) is 0 Å². The first-order chi connectivity index (χ1) is 8.44. The van der Waals surface area contributed by atoms with Crippen molar-refractivity contribution >= 4 is 10.0 Å². The molecule has 0 aromatic carbocycles. The van der Waals surface area contributed by atoms with Gasteiger partial charge in [-0.1, -0.05) is 20.3 Å². The maximum atomic E-state index is 12.2. The number of aryl methyl sites for hydroxylation is 1. The quantitative estimate of drug-likeness (QED) is 0.787. The molecule has 1 rings (SSSR count). The maximum Gasteiger partial charge on any atom is 0.242 e. The molecule has 0 aliphatic carbocycles. The fraction of sp³-hybridized carbons (Fsp3) is 0.667. The SMILES string of the molecule is CCCC(CC)NS(=O)(=O)c1cc(CN)n(C)c1. The number of hydrogen-bond acceptors (Lipinski definition) is 3. The van der Waals surface area contributed by atoms with E-state index >= 15 is 0 Å². The molecular formula is C12H23N3O2S. The molecule has 104 valence electrons. The minimum absolute atomic E-state index is 0.00142. The molecule has 0 bridgehead atoms. The van der Waals surface area contributed by atoms with Crippen molar-refractivity contribution in [2.45, 2.75) is 50.6 Å². The average Bonchev–Trinajstić information content (AvgIpc) is 2.70. The van der Waals surface area contributed by atoms with Crippen LogP contribution >= 0.6 is 0 Å². The fourth-order valence-electron chi connectivity index (χ4n) is 1.91. The molecule has 1 aromatic rings. The number of hydrogen-bond donors (Lipinski definition) is 2. The molecule has 0 radical (unpaired) electrons. The van der Waals surface area contributed by atoms with Crippen molar-refractivity contribution < 1.29 is 8.42 Å². The number of nitrogens with one attached hydrogen (secondary N) is 1. The summed E-state index contributed by atoms with van der Waals surface area (Å²) >= 11 is 0. The molecule has 1 aromatic heterocycles. The lowest BCUT2D eigenvalue weighted by molar-refractivity contribution is 0.512. The molecule has 1 heterocycles. The van der Waals surface area contributed by atoms with E-state index in [2.05, 4.69) is 4.72 Å². The second-order valence-electron chi connectivity index (χ2n) is 4.50. The lowest BCUT2D eigenvalue weighted by atomic mass is 10.1.